The number of nitrogens with zero attached hydrogens (tertiary/aromatic N) is 1. The summed E-state index contributed by atoms with van der Waals surface area (Å²) < 4.78 is 11.0. The Hall–Kier alpha value is -3.07. The number of halogens is 1. The molecule has 34 heavy (non-hydrogen) atoms. The van der Waals surface area contributed by atoms with Crippen LogP contribution in [0.25, 0.3) is 11.0 Å². The third-order valence-electron chi connectivity index (χ3n) is 5.57. The van der Waals surface area contributed by atoms with Crippen molar-refractivity contribution in [1.29, 1.82) is 0 Å². The number of rotatable bonds is 4. The predicted octanol–water partition coefficient (Wildman–Crippen LogP) is 3.33. The second kappa shape index (κ2) is 10.0. The van der Waals surface area contributed by atoms with Crippen molar-refractivity contribution in [2.45, 2.75) is 57.7 Å². The number of amides is 3. The summed E-state index contributed by atoms with van der Waals surface area (Å²) in [6, 6.07) is 4.66. The van der Waals surface area contributed by atoms with E-state index >= 15 is 0 Å². The summed E-state index contributed by atoms with van der Waals surface area (Å²) in [5.74, 6) is -1.08. The van der Waals surface area contributed by atoms with Crippen LogP contribution >= 0.6 is 11.6 Å². The van der Waals surface area contributed by atoms with Crippen molar-refractivity contribution in [2.24, 2.45) is 5.92 Å². The molecule has 1 heterocycles. The maximum atomic E-state index is 13.0. The summed E-state index contributed by atoms with van der Waals surface area (Å²) in [6.07, 6.45) is 0.684. The van der Waals surface area contributed by atoms with E-state index in [4.69, 9.17) is 20.8 Å². The van der Waals surface area contributed by atoms with E-state index in [2.05, 4.69) is 10.6 Å². The number of carbonyl (C=O) groups is 3. The minimum Gasteiger partial charge on any atom is -0.451 e. The zero-order chi connectivity index (χ0) is 25.2. The molecule has 0 spiro atoms. The minimum absolute atomic E-state index is 0.0417. The van der Waals surface area contributed by atoms with E-state index in [-0.39, 0.29) is 28.6 Å². The molecule has 1 fully saturated rings. The first-order valence-electron chi connectivity index (χ1n) is 11.1. The molecule has 1 saturated carbocycles. The van der Waals surface area contributed by atoms with Crippen LogP contribution in [0.15, 0.2) is 33.5 Å². The molecular formula is C24H30ClN3O6. The molecule has 3 rings (SSSR count). The van der Waals surface area contributed by atoms with Gasteiger partial charge in [0.05, 0.1) is 11.4 Å². The first-order valence-corrected chi connectivity index (χ1v) is 11.5. The fourth-order valence-electron chi connectivity index (χ4n) is 4.03. The molecule has 9 nitrogen and oxygen atoms in total. The summed E-state index contributed by atoms with van der Waals surface area (Å²) in [5.41, 5.74) is -0.850. The number of benzene rings is 1. The Morgan fingerprint density at radius 1 is 1.09 bits per heavy atom. The van der Waals surface area contributed by atoms with Crippen LogP contribution in [0.2, 0.25) is 5.02 Å². The predicted molar refractivity (Wildman–Crippen MR) is 128 cm³/mol. The zero-order valence-corrected chi connectivity index (χ0v) is 20.7. The van der Waals surface area contributed by atoms with Crippen LogP contribution in [0.1, 0.15) is 50.6 Å². The largest absolute Gasteiger partial charge is 0.451 e. The second-order valence-electron chi connectivity index (χ2n) is 9.69. The summed E-state index contributed by atoms with van der Waals surface area (Å²) in [7, 11) is 3.36. The van der Waals surface area contributed by atoms with Crippen LogP contribution in [0.4, 0.5) is 4.79 Å². The Kier molecular flexibility index (Phi) is 7.55. The van der Waals surface area contributed by atoms with Gasteiger partial charge < -0.3 is 24.7 Å². The van der Waals surface area contributed by atoms with Crippen LogP contribution in [0, 0.1) is 5.92 Å². The Morgan fingerprint density at radius 2 is 1.79 bits per heavy atom. The lowest BCUT2D eigenvalue weighted by Gasteiger charge is -2.37. The highest BCUT2D eigenvalue weighted by Crippen LogP contribution is 2.27. The van der Waals surface area contributed by atoms with Gasteiger partial charge in [-0.1, -0.05) is 11.6 Å². The summed E-state index contributed by atoms with van der Waals surface area (Å²) in [6.45, 7) is 5.25. The molecule has 1 aromatic carbocycles. The molecule has 0 unspecified atom stereocenters. The lowest BCUT2D eigenvalue weighted by atomic mass is 9.81. The molecule has 2 N–H and O–H groups in total. The monoisotopic (exact) mass is 491 g/mol. The van der Waals surface area contributed by atoms with Crippen molar-refractivity contribution >= 4 is 40.5 Å². The molecular weight excluding hydrogens is 462 g/mol. The van der Waals surface area contributed by atoms with Gasteiger partial charge in [0.25, 0.3) is 5.91 Å². The van der Waals surface area contributed by atoms with Crippen LogP contribution in [-0.2, 0) is 9.53 Å². The first-order chi connectivity index (χ1) is 15.8. The maximum Gasteiger partial charge on any atom is 0.407 e. The van der Waals surface area contributed by atoms with Crippen molar-refractivity contribution in [3.63, 3.8) is 0 Å². The molecule has 184 valence electrons. The fraction of sp³-hybridized carbons (Fsp3) is 0.500. The van der Waals surface area contributed by atoms with Gasteiger partial charge in [0.2, 0.25) is 5.91 Å². The fourth-order valence-corrected chi connectivity index (χ4v) is 4.20. The number of carbonyl (C=O) groups excluding carboxylic acids is 3. The SMILES string of the molecule is CN(C)C(=O)[C@H]1CC[C@H](NC(=O)c2cc(=O)c3cc(Cl)ccc3o2)[C@H](NC(=O)OC(C)(C)C)C1. The highest BCUT2D eigenvalue weighted by molar-refractivity contribution is 6.31. The number of fused-ring (bicyclic) bond motifs is 1. The molecule has 1 aromatic heterocycles. The molecule has 2 aromatic rings. The van der Waals surface area contributed by atoms with Gasteiger partial charge in [-0.25, -0.2) is 4.79 Å². The number of hydrogen-bond acceptors (Lipinski definition) is 6. The van der Waals surface area contributed by atoms with Crippen molar-refractivity contribution in [3.8, 4) is 0 Å². The highest BCUT2D eigenvalue weighted by atomic mass is 35.5. The third kappa shape index (κ3) is 6.28. The van der Waals surface area contributed by atoms with E-state index < -0.39 is 35.1 Å². The Labute approximate surface area is 202 Å². The summed E-state index contributed by atoms with van der Waals surface area (Å²) in [5, 5.41) is 6.31. The van der Waals surface area contributed by atoms with Gasteiger partial charge in [-0.05, 0) is 58.2 Å². The van der Waals surface area contributed by atoms with Crippen LogP contribution in [0.5, 0.6) is 0 Å². The number of nitrogens with one attached hydrogen (secondary N) is 2. The Balaban J connectivity index is 1.81. The summed E-state index contributed by atoms with van der Waals surface area (Å²) in [4.78, 5) is 51.9. The topological polar surface area (TPSA) is 118 Å². The minimum atomic E-state index is -0.701. The molecule has 1 aliphatic rings. The number of ether oxygens (including phenoxy) is 1. The molecule has 3 atom stereocenters. The Bertz CT molecular complexity index is 1150. The number of hydrogen-bond donors (Lipinski definition) is 2. The van der Waals surface area contributed by atoms with E-state index in [0.29, 0.717) is 24.3 Å². The van der Waals surface area contributed by atoms with E-state index in [1.165, 1.54) is 17.0 Å². The zero-order valence-electron chi connectivity index (χ0n) is 19.9. The maximum absolute atomic E-state index is 13.0. The van der Waals surface area contributed by atoms with Gasteiger partial charge in [-0.2, -0.15) is 0 Å². The molecule has 0 bridgehead atoms. The van der Waals surface area contributed by atoms with E-state index in [0.717, 1.165) is 6.07 Å². The molecule has 10 heteroatoms. The van der Waals surface area contributed by atoms with Crippen LogP contribution in [-0.4, -0.2) is 54.6 Å². The molecule has 1 aliphatic carbocycles. The average molecular weight is 492 g/mol. The smallest absolute Gasteiger partial charge is 0.407 e. The van der Waals surface area contributed by atoms with Crippen molar-refractivity contribution in [3.05, 3.63) is 45.3 Å². The van der Waals surface area contributed by atoms with Gasteiger partial charge in [0, 0.05) is 37.1 Å². The second-order valence-corrected chi connectivity index (χ2v) is 10.1. The highest BCUT2D eigenvalue weighted by Gasteiger charge is 2.37. The van der Waals surface area contributed by atoms with Gasteiger partial charge in [-0.3, -0.25) is 14.4 Å². The average Bonchev–Trinajstić information content (AvgIpc) is 2.73. The van der Waals surface area contributed by atoms with Crippen LogP contribution in [0.3, 0.4) is 0 Å². The van der Waals surface area contributed by atoms with Gasteiger partial charge in [-0.15, -0.1) is 0 Å². The summed E-state index contributed by atoms with van der Waals surface area (Å²) >= 11 is 5.94. The van der Waals surface area contributed by atoms with Gasteiger partial charge in [0.15, 0.2) is 11.2 Å². The van der Waals surface area contributed by atoms with Crippen molar-refractivity contribution in [1.82, 2.24) is 15.5 Å². The van der Waals surface area contributed by atoms with Crippen LogP contribution < -0.4 is 16.1 Å². The van der Waals surface area contributed by atoms with Crippen molar-refractivity contribution in [2.75, 3.05) is 14.1 Å². The van der Waals surface area contributed by atoms with Gasteiger partial charge >= 0.3 is 6.09 Å². The molecule has 0 saturated heterocycles. The van der Waals surface area contributed by atoms with Gasteiger partial charge in [0.1, 0.15) is 11.2 Å². The van der Waals surface area contributed by atoms with E-state index in [1.807, 2.05) is 0 Å². The molecule has 0 aliphatic heterocycles. The van der Waals surface area contributed by atoms with E-state index in [9.17, 15) is 19.2 Å². The van der Waals surface area contributed by atoms with E-state index in [1.54, 1.807) is 40.9 Å². The lowest BCUT2D eigenvalue weighted by Crippen LogP contribution is -2.56. The lowest BCUT2D eigenvalue weighted by molar-refractivity contribution is -0.134. The standard InChI is InChI=1S/C24H30ClN3O6/c1-24(2,3)34-23(32)27-17-10-13(22(31)28(4)5)6-8-16(17)26-21(30)20-12-18(29)15-11-14(25)7-9-19(15)33-20/h7,9,11-13,16-17H,6,8,10H2,1-5H3,(H,26,30)(H,27,32)/t13-,16-,17+/m0/s1. The normalized spacial score (nSPS) is 20.5. The molecule has 0 radical (unpaired) electrons. The number of alkyl carbamates (subject to hydrolysis) is 1. The quantitative estimate of drug-likeness (QED) is 0.677. The third-order valence-corrected chi connectivity index (χ3v) is 5.81. The first kappa shape index (κ1) is 25.6. The molecule has 3 amide bonds. The Morgan fingerprint density at radius 3 is 2.44 bits per heavy atom. The van der Waals surface area contributed by atoms with Crippen molar-refractivity contribution < 1.29 is 23.5 Å².